The summed E-state index contributed by atoms with van der Waals surface area (Å²) in [4.78, 5) is 10.8. The van der Waals surface area contributed by atoms with Crippen LogP contribution in [-0.2, 0) is 14.3 Å². The molecule has 1 heterocycles. The zero-order valence-corrected chi connectivity index (χ0v) is 16.5. The highest BCUT2D eigenvalue weighted by Gasteiger charge is 2.47. The van der Waals surface area contributed by atoms with Crippen LogP contribution in [0.4, 0.5) is 0 Å². The Balaban J connectivity index is 2.02. The average molecular weight is 344 g/mol. The standard InChI is InChI=1S/C22H32O3/c1-16(11-14-24-18(3)23)9-7-10-17(2)19-15-20-21(4,5)12-8-13-22(20,6)25-19/h7,9-11,15,19H,8,12-14H2,1-6H3/b9-7+,16-11+,17-10-. The highest BCUT2D eigenvalue weighted by molar-refractivity contribution is 5.66. The van der Waals surface area contributed by atoms with E-state index in [1.165, 1.54) is 30.9 Å². The zero-order valence-electron chi connectivity index (χ0n) is 16.5. The number of carbonyl (C=O) groups excluding carboxylic acids is 1. The minimum Gasteiger partial charge on any atom is -0.462 e. The van der Waals surface area contributed by atoms with Crippen LogP contribution in [0.1, 0.15) is 60.8 Å². The topological polar surface area (TPSA) is 35.5 Å². The number of carbonyl (C=O) groups is 1. The van der Waals surface area contributed by atoms with E-state index < -0.39 is 0 Å². The lowest BCUT2D eigenvalue weighted by atomic mass is 9.67. The van der Waals surface area contributed by atoms with Gasteiger partial charge in [-0.15, -0.1) is 0 Å². The van der Waals surface area contributed by atoms with Crippen molar-refractivity contribution >= 4 is 5.97 Å². The van der Waals surface area contributed by atoms with Crippen molar-refractivity contribution in [3.8, 4) is 0 Å². The number of esters is 1. The zero-order chi connectivity index (χ0) is 18.7. The van der Waals surface area contributed by atoms with E-state index in [2.05, 4.69) is 39.8 Å². The minimum absolute atomic E-state index is 0.0624. The molecule has 1 aliphatic heterocycles. The Labute approximate surface area is 152 Å². The molecule has 3 heteroatoms. The van der Waals surface area contributed by atoms with Gasteiger partial charge in [-0.3, -0.25) is 4.79 Å². The molecule has 2 atom stereocenters. The molecule has 1 fully saturated rings. The normalized spacial score (nSPS) is 29.5. The van der Waals surface area contributed by atoms with Gasteiger partial charge in [0.25, 0.3) is 0 Å². The number of ether oxygens (including phenoxy) is 2. The molecule has 0 amide bonds. The molecule has 138 valence electrons. The summed E-state index contributed by atoms with van der Waals surface area (Å²) in [6, 6.07) is 0. The van der Waals surface area contributed by atoms with Gasteiger partial charge in [0.15, 0.2) is 0 Å². The second-order valence-corrected chi connectivity index (χ2v) is 8.11. The van der Waals surface area contributed by atoms with Crippen LogP contribution in [0.2, 0.25) is 0 Å². The summed E-state index contributed by atoms with van der Waals surface area (Å²) in [5, 5.41) is 0. The summed E-state index contributed by atoms with van der Waals surface area (Å²) in [6.45, 7) is 12.8. The van der Waals surface area contributed by atoms with E-state index in [9.17, 15) is 4.79 Å². The lowest BCUT2D eigenvalue weighted by molar-refractivity contribution is -0.139. The van der Waals surface area contributed by atoms with Crippen molar-refractivity contribution in [3.05, 3.63) is 47.1 Å². The molecule has 1 saturated carbocycles. The van der Waals surface area contributed by atoms with Crippen LogP contribution in [0.5, 0.6) is 0 Å². The van der Waals surface area contributed by atoms with Crippen LogP contribution < -0.4 is 0 Å². The van der Waals surface area contributed by atoms with Gasteiger partial charge in [-0.25, -0.2) is 0 Å². The first-order valence-electron chi connectivity index (χ1n) is 9.20. The van der Waals surface area contributed by atoms with Crippen molar-refractivity contribution in [1.29, 1.82) is 0 Å². The Morgan fingerprint density at radius 3 is 2.64 bits per heavy atom. The SMILES string of the molecule is CC(=O)OC/C=C(C)/C=C/C=C(/C)C1C=C2C(C)(C)CCCC2(C)O1. The minimum atomic E-state index is -0.256. The third-order valence-electron chi connectivity index (χ3n) is 5.32. The Morgan fingerprint density at radius 2 is 2.00 bits per heavy atom. The summed E-state index contributed by atoms with van der Waals surface area (Å²) in [5.74, 6) is -0.256. The largest absolute Gasteiger partial charge is 0.462 e. The fourth-order valence-corrected chi connectivity index (χ4v) is 3.87. The van der Waals surface area contributed by atoms with Crippen molar-refractivity contribution in [1.82, 2.24) is 0 Å². The number of rotatable bonds is 5. The van der Waals surface area contributed by atoms with Crippen LogP contribution in [0.15, 0.2) is 47.1 Å². The molecule has 25 heavy (non-hydrogen) atoms. The van der Waals surface area contributed by atoms with E-state index in [0.717, 1.165) is 12.0 Å². The van der Waals surface area contributed by atoms with Crippen molar-refractivity contribution in [2.24, 2.45) is 5.41 Å². The molecule has 0 spiro atoms. The molecule has 0 bridgehead atoms. The highest BCUT2D eigenvalue weighted by Crippen LogP contribution is 2.51. The Morgan fingerprint density at radius 1 is 1.28 bits per heavy atom. The number of allylic oxidation sites excluding steroid dienone is 4. The first kappa shape index (κ1) is 19.7. The van der Waals surface area contributed by atoms with Crippen LogP contribution >= 0.6 is 0 Å². The fourth-order valence-electron chi connectivity index (χ4n) is 3.87. The Kier molecular flexibility index (Phi) is 6.10. The third-order valence-corrected chi connectivity index (χ3v) is 5.32. The van der Waals surface area contributed by atoms with E-state index >= 15 is 0 Å². The van der Waals surface area contributed by atoms with Gasteiger partial charge >= 0.3 is 5.97 Å². The molecule has 0 radical (unpaired) electrons. The van der Waals surface area contributed by atoms with E-state index in [1.54, 1.807) is 0 Å². The van der Waals surface area contributed by atoms with Gasteiger partial charge in [-0.1, -0.05) is 37.6 Å². The average Bonchev–Trinajstić information content (AvgIpc) is 2.86. The van der Waals surface area contributed by atoms with E-state index in [-0.39, 0.29) is 23.1 Å². The van der Waals surface area contributed by atoms with E-state index in [0.29, 0.717) is 6.61 Å². The van der Waals surface area contributed by atoms with E-state index in [1.807, 2.05) is 25.2 Å². The molecule has 2 aliphatic rings. The second kappa shape index (κ2) is 7.74. The lowest BCUT2D eigenvalue weighted by Gasteiger charge is -2.42. The predicted molar refractivity (Wildman–Crippen MR) is 102 cm³/mol. The number of fused-ring (bicyclic) bond motifs is 1. The van der Waals surface area contributed by atoms with Crippen LogP contribution in [0.3, 0.4) is 0 Å². The van der Waals surface area contributed by atoms with Gasteiger partial charge in [-0.2, -0.15) is 0 Å². The van der Waals surface area contributed by atoms with Crippen molar-refractivity contribution in [3.63, 3.8) is 0 Å². The van der Waals surface area contributed by atoms with Crippen molar-refractivity contribution < 1.29 is 14.3 Å². The van der Waals surface area contributed by atoms with Crippen LogP contribution in [-0.4, -0.2) is 24.3 Å². The monoisotopic (exact) mass is 344 g/mol. The maximum absolute atomic E-state index is 10.8. The maximum atomic E-state index is 10.8. The smallest absolute Gasteiger partial charge is 0.302 e. The van der Waals surface area contributed by atoms with Gasteiger partial charge in [0, 0.05) is 6.92 Å². The van der Waals surface area contributed by atoms with Crippen molar-refractivity contribution in [2.75, 3.05) is 6.61 Å². The number of hydrogen-bond donors (Lipinski definition) is 0. The summed E-state index contributed by atoms with van der Waals surface area (Å²) in [5.41, 5.74) is 3.87. The first-order chi connectivity index (χ1) is 11.6. The van der Waals surface area contributed by atoms with Gasteiger partial charge in [0.1, 0.15) is 6.61 Å². The molecular weight excluding hydrogens is 312 g/mol. The molecule has 3 nitrogen and oxygen atoms in total. The molecule has 2 rings (SSSR count). The van der Waals surface area contributed by atoms with Gasteiger partial charge in [0.05, 0.1) is 11.7 Å². The molecule has 0 aromatic carbocycles. The first-order valence-corrected chi connectivity index (χ1v) is 9.20. The fraction of sp³-hybridized carbons (Fsp3) is 0.591. The summed E-state index contributed by atoms with van der Waals surface area (Å²) in [7, 11) is 0. The predicted octanol–water partition coefficient (Wildman–Crippen LogP) is 5.29. The molecule has 0 saturated heterocycles. The Hall–Kier alpha value is -1.61. The summed E-state index contributed by atoms with van der Waals surface area (Å²) in [6.07, 6.45) is 14.0. The molecule has 0 N–H and O–H groups in total. The van der Waals surface area contributed by atoms with Crippen molar-refractivity contribution in [2.45, 2.75) is 72.5 Å². The maximum Gasteiger partial charge on any atom is 0.302 e. The van der Waals surface area contributed by atoms with Crippen LogP contribution in [0, 0.1) is 5.41 Å². The summed E-state index contributed by atoms with van der Waals surface area (Å²) >= 11 is 0. The van der Waals surface area contributed by atoms with Gasteiger partial charge in [0.2, 0.25) is 0 Å². The molecule has 2 unspecified atom stereocenters. The molecule has 1 aliphatic carbocycles. The molecule has 0 aromatic heterocycles. The number of hydrogen-bond acceptors (Lipinski definition) is 3. The third kappa shape index (κ3) is 4.94. The lowest BCUT2D eigenvalue weighted by Crippen LogP contribution is -2.39. The molecular formula is C22H32O3. The van der Waals surface area contributed by atoms with Gasteiger partial charge in [-0.05, 0) is 68.7 Å². The van der Waals surface area contributed by atoms with Crippen LogP contribution in [0.25, 0.3) is 0 Å². The Bertz CT molecular complexity index is 634. The van der Waals surface area contributed by atoms with Gasteiger partial charge < -0.3 is 9.47 Å². The summed E-state index contributed by atoms with van der Waals surface area (Å²) < 4.78 is 11.3. The highest BCUT2D eigenvalue weighted by atomic mass is 16.5. The van der Waals surface area contributed by atoms with E-state index in [4.69, 9.17) is 9.47 Å². The molecule has 0 aromatic rings. The quantitative estimate of drug-likeness (QED) is 0.386. The second-order valence-electron chi connectivity index (χ2n) is 8.11.